The quantitative estimate of drug-likeness (QED) is 0.460. The molecule has 0 saturated carbocycles. The summed E-state index contributed by atoms with van der Waals surface area (Å²) in [7, 11) is 0. The van der Waals surface area contributed by atoms with Gasteiger partial charge in [-0.15, -0.1) is 10.2 Å². The first kappa shape index (κ1) is 17.7. The Morgan fingerprint density at radius 1 is 1.00 bits per heavy atom. The Balaban J connectivity index is 1.75. The van der Waals surface area contributed by atoms with Gasteiger partial charge < -0.3 is 14.8 Å². The highest BCUT2D eigenvalue weighted by atomic mass is 16.3. The molecule has 0 atom stereocenters. The first-order chi connectivity index (χ1) is 13.6. The van der Waals surface area contributed by atoms with E-state index in [2.05, 4.69) is 10.2 Å². The molecule has 1 amide bonds. The molecule has 1 heterocycles. The number of carbonyl (C=O) groups excluding carboxylic acids is 1. The lowest BCUT2D eigenvalue weighted by Gasteiger charge is -2.04. The van der Waals surface area contributed by atoms with E-state index in [-0.39, 0.29) is 22.9 Å². The number of hydrogen-bond donors (Lipinski definition) is 2. The van der Waals surface area contributed by atoms with Crippen LogP contribution in [0, 0.1) is 0 Å². The number of aryl methyl sites for hydroxylation is 1. The number of aromatic hydroxyl groups is 2. The standard InChI is InChI=1S/C22H19N3O3/c1-2-11-25-18-10-6-5-9-16(18)20(22(25)28)23-24-21(27)17-12-14-7-3-4-8-15(14)13-19(17)26/h3-10,12-13,26,28H,2,11H2,1H3. The van der Waals surface area contributed by atoms with Crippen LogP contribution in [-0.4, -0.2) is 20.7 Å². The number of fused-ring (bicyclic) bond motifs is 2. The molecule has 1 aromatic heterocycles. The number of amides is 1. The number of rotatable bonds is 4. The third-order valence-electron chi connectivity index (χ3n) is 4.70. The van der Waals surface area contributed by atoms with Crippen LogP contribution in [0.2, 0.25) is 0 Å². The van der Waals surface area contributed by atoms with Crippen molar-refractivity contribution in [1.29, 1.82) is 0 Å². The summed E-state index contributed by atoms with van der Waals surface area (Å²) in [5, 5.41) is 30.9. The summed E-state index contributed by atoms with van der Waals surface area (Å²) in [5.41, 5.74) is 1.15. The van der Waals surface area contributed by atoms with Gasteiger partial charge in [0.2, 0.25) is 5.88 Å². The van der Waals surface area contributed by atoms with E-state index in [0.29, 0.717) is 11.9 Å². The summed E-state index contributed by atoms with van der Waals surface area (Å²) in [5.74, 6) is -0.849. The maximum Gasteiger partial charge on any atom is 0.299 e. The molecule has 3 aromatic carbocycles. The molecule has 4 rings (SSSR count). The van der Waals surface area contributed by atoms with Crippen molar-refractivity contribution in [2.45, 2.75) is 19.9 Å². The second kappa shape index (κ2) is 7.15. The van der Waals surface area contributed by atoms with Crippen molar-refractivity contribution in [2.75, 3.05) is 0 Å². The van der Waals surface area contributed by atoms with Crippen LogP contribution >= 0.6 is 0 Å². The fourth-order valence-electron chi connectivity index (χ4n) is 3.37. The molecule has 0 aliphatic rings. The van der Waals surface area contributed by atoms with Crippen LogP contribution in [0.5, 0.6) is 11.6 Å². The number of benzene rings is 3. The molecule has 6 heteroatoms. The van der Waals surface area contributed by atoms with Crippen LogP contribution in [-0.2, 0) is 6.54 Å². The third-order valence-corrected chi connectivity index (χ3v) is 4.70. The molecule has 0 aliphatic carbocycles. The minimum absolute atomic E-state index is 0.0256. The van der Waals surface area contributed by atoms with Crippen molar-refractivity contribution in [3.05, 3.63) is 66.2 Å². The van der Waals surface area contributed by atoms with Gasteiger partial charge in [-0.1, -0.05) is 49.4 Å². The molecular formula is C22H19N3O3. The van der Waals surface area contributed by atoms with Crippen molar-refractivity contribution in [3.8, 4) is 11.6 Å². The topological polar surface area (TPSA) is 87.2 Å². The maximum atomic E-state index is 12.6. The average Bonchev–Trinajstić information content (AvgIpc) is 2.97. The number of phenols is 1. The molecule has 0 unspecified atom stereocenters. The summed E-state index contributed by atoms with van der Waals surface area (Å²) in [6.45, 7) is 2.64. The van der Waals surface area contributed by atoms with E-state index >= 15 is 0 Å². The van der Waals surface area contributed by atoms with E-state index in [0.717, 1.165) is 22.7 Å². The number of nitrogens with zero attached hydrogens (tertiary/aromatic N) is 3. The second-order valence-corrected chi connectivity index (χ2v) is 6.56. The molecule has 140 valence electrons. The molecule has 28 heavy (non-hydrogen) atoms. The van der Waals surface area contributed by atoms with Crippen LogP contribution in [0.1, 0.15) is 23.7 Å². The van der Waals surface area contributed by atoms with Crippen LogP contribution in [0.3, 0.4) is 0 Å². The van der Waals surface area contributed by atoms with Crippen LogP contribution in [0.15, 0.2) is 70.9 Å². The van der Waals surface area contributed by atoms with Crippen molar-refractivity contribution in [2.24, 2.45) is 10.2 Å². The van der Waals surface area contributed by atoms with E-state index in [1.54, 1.807) is 10.6 Å². The number of para-hydroxylation sites is 1. The second-order valence-electron chi connectivity index (χ2n) is 6.56. The summed E-state index contributed by atoms with van der Waals surface area (Å²) in [4.78, 5) is 12.6. The zero-order valence-electron chi connectivity index (χ0n) is 15.3. The highest BCUT2D eigenvalue weighted by molar-refractivity contribution is 6.02. The number of azo groups is 1. The Bertz CT molecular complexity index is 1220. The number of phenolic OH excluding ortho intramolecular Hbond substituents is 1. The lowest BCUT2D eigenvalue weighted by atomic mass is 10.1. The van der Waals surface area contributed by atoms with E-state index < -0.39 is 5.91 Å². The molecule has 6 nitrogen and oxygen atoms in total. The van der Waals surface area contributed by atoms with Crippen LogP contribution < -0.4 is 0 Å². The largest absolute Gasteiger partial charge is 0.507 e. The van der Waals surface area contributed by atoms with E-state index in [1.165, 1.54) is 6.07 Å². The molecule has 0 bridgehead atoms. The predicted molar refractivity (Wildman–Crippen MR) is 108 cm³/mol. The monoisotopic (exact) mass is 373 g/mol. The molecule has 0 fully saturated rings. The van der Waals surface area contributed by atoms with Crippen LogP contribution in [0.4, 0.5) is 5.69 Å². The molecule has 0 saturated heterocycles. The van der Waals surface area contributed by atoms with Crippen molar-refractivity contribution < 1.29 is 15.0 Å². The minimum atomic E-state index is -0.671. The lowest BCUT2D eigenvalue weighted by molar-refractivity contribution is 0.0992. The van der Waals surface area contributed by atoms with Crippen molar-refractivity contribution in [1.82, 2.24) is 4.57 Å². The SMILES string of the molecule is CCCn1c(O)c(N=NC(=O)c2cc3ccccc3cc2O)c2ccccc21. The molecule has 0 radical (unpaired) electrons. The van der Waals surface area contributed by atoms with Gasteiger partial charge in [0.25, 0.3) is 5.91 Å². The third kappa shape index (κ3) is 2.99. The van der Waals surface area contributed by atoms with Gasteiger partial charge in [-0.25, -0.2) is 0 Å². The van der Waals surface area contributed by atoms with E-state index in [9.17, 15) is 15.0 Å². The van der Waals surface area contributed by atoms with Gasteiger partial charge in [0.1, 0.15) is 5.75 Å². The van der Waals surface area contributed by atoms with Gasteiger partial charge in [0.15, 0.2) is 5.69 Å². The van der Waals surface area contributed by atoms with E-state index in [4.69, 9.17) is 0 Å². The minimum Gasteiger partial charge on any atom is -0.507 e. The van der Waals surface area contributed by atoms with Gasteiger partial charge in [-0.05, 0) is 35.4 Å². The first-order valence-corrected chi connectivity index (χ1v) is 9.08. The van der Waals surface area contributed by atoms with Crippen LogP contribution in [0.25, 0.3) is 21.7 Å². The Morgan fingerprint density at radius 2 is 1.68 bits per heavy atom. The molecule has 2 N–H and O–H groups in total. The maximum absolute atomic E-state index is 12.6. The predicted octanol–water partition coefficient (Wildman–Crippen LogP) is 5.54. The van der Waals surface area contributed by atoms with Gasteiger partial charge in [0.05, 0.1) is 11.1 Å². The first-order valence-electron chi connectivity index (χ1n) is 9.08. The Morgan fingerprint density at radius 3 is 2.43 bits per heavy atom. The van der Waals surface area contributed by atoms with Gasteiger partial charge >= 0.3 is 0 Å². The Hall–Kier alpha value is -3.67. The summed E-state index contributed by atoms with van der Waals surface area (Å²) in [6.07, 6.45) is 0.840. The normalized spacial score (nSPS) is 11.6. The Kier molecular flexibility index (Phi) is 4.53. The fraction of sp³-hybridized carbons (Fsp3) is 0.136. The highest BCUT2D eigenvalue weighted by Gasteiger charge is 2.17. The lowest BCUT2D eigenvalue weighted by Crippen LogP contribution is -1.95. The summed E-state index contributed by atoms with van der Waals surface area (Å²) in [6, 6.07) is 18.0. The van der Waals surface area contributed by atoms with Gasteiger partial charge in [0, 0.05) is 11.9 Å². The average molecular weight is 373 g/mol. The Labute approximate surface area is 161 Å². The zero-order chi connectivity index (χ0) is 19.7. The van der Waals surface area contributed by atoms with Gasteiger partial charge in [-0.3, -0.25) is 4.79 Å². The smallest absolute Gasteiger partial charge is 0.299 e. The molecule has 0 aliphatic heterocycles. The number of hydrogen-bond acceptors (Lipinski definition) is 4. The highest BCUT2D eigenvalue weighted by Crippen LogP contribution is 2.39. The zero-order valence-corrected chi connectivity index (χ0v) is 15.3. The number of carbonyl (C=O) groups is 1. The summed E-state index contributed by atoms with van der Waals surface area (Å²) < 4.78 is 1.75. The van der Waals surface area contributed by atoms with E-state index in [1.807, 2.05) is 55.5 Å². The molecule has 0 spiro atoms. The molecule has 4 aromatic rings. The molecular weight excluding hydrogens is 354 g/mol. The van der Waals surface area contributed by atoms with Crippen molar-refractivity contribution in [3.63, 3.8) is 0 Å². The summed E-state index contributed by atoms with van der Waals surface area (Å²) >= 11 is 0. The fourth-order valence-corrected chi connectivity index (χ4v) is 3.37. The number of aromatic nitrogens is 1. The van der Waals surface area contributed by atoms with Gasteiger partial charge in [-0.2, -0.15) is 0 Å². The van der Waals surface area contributed by atoms with Crippen molar-refractivity contribution >= 4 is 33.3 Å².